The molecule has 0 saturated heterocycles. The molecule has 0 spiro atoms. The maximum atomic E-state index is 12.8. The summed E-state index contributed by atoms with van der Waals surface area (Å²) in [4.78, 5) is 11.7. The number of hydrogen-bond acceptors (Lipinski definition) is 5. The molecule has 0 amide bonds. The second kappa shape index (κ2) is 7.45. The maximum Gasteiger partial charge on any atom is 0.433 e. The van der Waals surface area contributed by atoms with Crippen LogP contribution in [0.5, 0.6) is 0 Å². The number of nitrogens with one attached hydrogen (secondary N) is 1. The minimum Gasteiger partial charge on any atom is -0.404 e. The second-order valence-electron chi connectivity index (χ2n) is 5.77. The molecule has 2 heterocycles. The molecule has 0 aliphatic heterocycles. The first kappa shape index (κ1) is 18.4. The van der Waals surface area contributed by atoms with Crippen LogP contribution in [0.4, 0.5) is 24.8 Å². The molecule has 0 aliphatic rings. The summed E-state index contributed by atoms with van der Waals surface area (Å²) < 4.78 is 38.5. The average Bonchev–Trinajstić information content (AvgIpc) is 2.62. The van der Waals surface area contributed by atoms with Crippen LogP contribution >= 0.6 is 0 Å². The Morgan fingerprint density at radius 1 is 1.07 bits per heavy atom. The van der Waals surface area contributed by atoms with Crippen molar-refractivity contribution in [2.45, 2.75) is 13.1 Å². The first-order valence-corrected chi connectivity index (χ1v) is 7.99. The molecule has 3 rings (SSSR count). The molecule has 0 saturated carbocycles. The largest absolute Gasteiger partial charge is 0.433 e. The van der Waals surface area contributed by atoms with Crippen LogP contribution in [0, 0.1) is 6.92 Å². The highest BCUT2D eigenvalue weighted by molar-refractivity contribution is 5.80. The Kier molecular flexibility index (Phi) is 5.07. The second-order valence-corrected chi connectivity index (χ2v) is 5.77. The van der Waals surface area contributed by atoms with Crippen LogP contribution in [-0.4, -0.2) is 15.0 Å². The lowest BCUT2D eigenvalue weighted by Crippen LogP contribution is -2.10. The Labute approximate surface area is 153 Å². The topological polar surface area (TPSA) is 76.7 Å². The van der Waals surface area contributed by atoms with Crippen molar-refractivity contribution < 1.29 is 13.2 Å². The number of alkyl halides is 3. The smallest absolute Gasteiger partial charge is 0.404 e. The number of anilines is 2. The van der Waals surface area contributed by atoms with Gasteiger partial charge >= 0.3 is 6.18 Å². The number of nitrogens with two attached hydrogens (primary N) is 1. The Morgan fingerprint density at radius 2 is 1.89 bits per heavy atom. The molecule has 1 aromatic carbocycles. The third-order valence-corrected chi connectivity index (χ3v) is 3.70. The van der Waals surface area contributed by atoms with Crippen molar-refractivity contribution in [3.05, 3.63) is 83.6 Å². The summed E-state index contributed by atoms with van der Waals surface area (Å²) in [6.07, 6.45) is -0.370. The zero-order valence-electron chi connectivity index (χ0n) is 14.3. The minimum atomic E-state index is -4.54. The zero-order valence-corrected chi connectivity index (χ0v) is 14.3. The van der Waals surface area contributed by atoms with Gasteiger partial charge in [-0.3, -0.25) is 4.98 Å². The molecule has 0 unspecified atom stereocenters. The highest BCUT2D eigenvalue weighted by Crippen LogP contribution is 2.29. The highest BCUT2D eigenvalue weighted by atomic mass is 19.4. The molecule has 3 aromatic rings. The van der Waals surface area contributed by atoms with Gasteiger partial charge < -0.3 is 11.1 Å². The van der Waals surface area contributed by atoms with E-state index in [4.69, 9.17) is 5.73 Å². The molecule has 0 radical (unpaired) electrons. The van der Waals surface area contributed by atoms with Gasteiger partial charge in [-0.1, -0.05) is 12.1 Å². The van der Waals surface area contributed by atoms with Gasteiger partial charge in [-0.25, -0.2) is 9.97 Å². The number of hydrogen-bond donors (Lipinski definition) is 2. The predicted octanol–water partition coefficient (Wildman–Crippen LogP) is 4.29. The number of nitrogens with zero attached hydrogens (tertiary/aromatic N) is 3. The number of rotatable bonds is 4. The molecule has 138 valence electrons. The van der Waals surface area contributed by atoms with Crippen molar-refractivity contribution >= 4 is 17.2 Å². The third-order valence-electron chi connectivity index (χ3n) is 3.70. The van der Waals surface area contributed by atoms with Crippen molar-refractivity contribution in [3.63, 3.8) is 0 Å². The average molecular weight is 371 g/mol. The summed E-state index contributed by atoms with van der Waals surface area (Å²) in [7, 11) is 0. The molecule has 0 aliphatic carbocycles. The SMILES string of the molecule is Cc1cc(Nc2nccc(C(F)(F)F)n2)cc(/C(=C/N)c2ccccn2)c1. The van der Waals surface area contributed by atoms with Gasteiger partial charge in [-0.15, -0.1) is 0 Å². The number of pyridine rings is 1. The van der Waals surface area contributed by atoms with Gasteiger partial charge in [-0.05, 0) is 48.4 Å². The van der Waals surface area contributed by atoms with E-state index in [-0.39, 0.29) is 5.95 Å². The van der Waals surface area contributed by atoms with Crippen LogP contribution in [0.1, 0.15) is 22.5 Å². The van der Waals surface area contributed by atoms with Gasteiger partial charge in [-0.2, -0.15) is 13.2 Å². The van der Waals surface area contributed by atoms with E-state index in [1.807, 2.05) is 25.1 Å². The van der Waals surface area contributed by atoms with E-state index < -0.39 is 11.9 Å². The number of benzene rings is 1. The van der Waals surface area contributed by atoms with Crippen molar-refractivity contribution in [1.82, 2.24) is 15.0 Å². The van der Waals surface area contributed by atoms with Gasteiger partial charge in [0.05, 0.1) is 5.69 Å². The van der Waals surface area contributed by atoms with Crippen molar-refractivity contribution in [3.8, 4) is 0 Å². The van der Waals surface area contributed by atoms with Crippen LogP contribution in [0.3, 0.4) is 0 Å². The lowest BCUT2D eigenvalue weighted by atomic mass is 10.0. The molecule has 0 bridgehead atoms. The summed E-state index contributed by atoms with van der Waals surface area (Å²) in [6, 6.07) is 11.7. The van der Waals surface area contributed by atoms with Gasteiger partial charge in [0.15, 0.2) is 0 Å². The van der Waals surface area contributed by atoms with Crippen LogP contribution in [-0.2, 0) is 6.18 Å². The molecular formula is C19H16F3N5. The summed E-state index contributed by atoms with van der Waals surface area (Å²) in [5, 5.41) is 2.82. The number of aromatic nitrogens is 3. The van der Waals surface area contributed by atoms with E-state index in [1.54, 1.807) is 24.4 Å². The van der Waals surface area contributed by atoms with Gasteiger partial charge in [0.25, 0.3) is 0 Å². The van der Waals surface area contributed by atoms with Crippen LogP contribution in [0.25, 0.3) is 5.57 Å². The fraction of sp³-hybridized carbons (Fsp3) is 0.105. The van der Waals surface area contributed by atoms with Crippen molar-refractivity contribution in [1.29, 1.82) is 0 Å². The van der Waals surface area contributed by atoms with Gasteiger partial charge in [0.2, 0.25) is 5.95 Å². The monoisotopic (exact) mass is 371 g/mol. The molecular weight excluding hydrogens is 355 g/mol. The first-order valence-electron chi connectivity index (χ1n) is 7.99. The predicted molar refractivity (Wildman–Crippen MR) is 97.0 cm³/mol. The Morgan fingerprint density at radius 3 is 2.56 bits per heavy atom. The van der Waals surface area contributed by atoms with Crippen molar-refractivity contribution in [2.24, 2.45) is 5.73 Å². The Hall–Kier alpha value is -3.42. The van der Waals surface area contributed by atoms with E-state index in [0.717, 1.165) is 23.4 Å². The van der Waals surface area contributed by atoms with E-state index >= 15 is 0 Å². The van der Waals surface area contributed by atoms with Crippen LogP contribution < -0.4 is 11.1 Å². The molecule has 0 atom stereocenters. The van der Waals surface area contributed by atoms with E-state index in [1.165, 1.54) is 6.20 Å². The maximum absolute atomic E-state index is 12.8. The standard InChI is InChI=1S/C19H16F3N5/c1-12-8-13(15(11-23)16-4-2-3-6-24-16)10-14(9-12)26-18-25-7-5-17(27-18)19(20,21)22/h2-11H,23H2,1H3,(H,25,26,27)/b15-11-. The molecule has 27 heavy (non-hydrogen) atoms. The number of halogens is 3. The lowest BCUT2D eigenvalue weighted by Gasteiger charge is -2.12. The normalized spacial score (nSPS) is 12.1. The fourth-order valence-corrected chi connectivity index (χ4v) is 2.57. The van der Waals surface area contributed by atoms with Gasteiger partial charge in [0, 0.05) is 29.9 Å². The summed E-state index contributed by atoms with van der Waals surface area (Å²) in [5.74, 6) is -0.141. The molecule has 2 aromatic heterocycles. The van der Waals surface area contributed by atoms with Crippen LogP contribution in [0.2, 0.25) is 0 Å². The Bertz CT molecular complexity index is 969. The Balaban J connectivity index is 1.95. The fourth-order valence-electron chi connectivity index (χ4n) is 2.57. The summed E-state index contributed by atoms with van der Waals surface area (Å²) in [6.45, 7) is 1.87. The summed E-state index contributed by atoms with van der Waals surface area (Å²) >= 11 is 0. The van der Waals surface area contributed by atoms with E-state index in [2.05, 4.69) is 20.3 Å². The molecule has 0 fully saturated rings. The van der Waals surface area contributed by atoms with Gasteiger partial charge in [0.1, 0.15) is 5.69 Å². The zero-order chi connectivity index (χ0) is 19.4. The lowest BCUT2D eigenvalue weighted by molar-refractivity contribution is -0.141. The third kappa shape index (κ3) is 4.41. The van der Waals surface area contributed by atoms with Crippen LogP contribution in [0.15, 0.2) is 61.1 Å². The first-order chi connectivity index (χ1) is 12.9. The summed E-state index contributed by atoms with van der Waals surface area (Å²) in [5.41, 5.74) is 8.36. The molecule has 8 heteroatoms. The minimum absolute atomic E-state index is 0.141. The number of aryl methyl sites for hydroxylation is 1. The highest BCUT2D eigenvalue weighted by Gasteiger charge is 2.32. The van der Waals surface area contributed by atoms with Crippen molar-refractivity contribution in [2.75, 3.05) is 5.32 Å². The quantitative estimate of drug-likeness (QED) is 0.715. The molecule has 3 N–H and O–H groups in total. The van der Waals surface area contributed by atoms with E-state index in [9.17, 15) is 13.2 Å². The molecule has 5 nitrogen and oxygen atoms in total. The van der Waals surface area contributed by atoms with E-state index in [0.29, 0.717) is 17.0 Å².